The largest absolute Gasteiger partial charge is 0.0622 e. The Labute approximate surface area is 391 Å². The highest BCUT2D eigenvalue weighted by atomic mass is 14.3. The van der Waals surface area contributed by atoms with Gasteiger partial charge in [0.2, 0.25) is 0 Å². The third-order valence-corrected chi connectivity index (χ3v) is 15.3. The van der Waals surface area contributed by atoms with E-state index in [0.717, 1.165) is 0 Å². The molecule has 66 heavy (non-hydrogen) atoms. The summed E-state index contributed by atoms with van der Waals surface area (Å²) < 4.78 is 0. The smallest absolute Gasteiger partial charge is 0.00260 e. The molecule has 0 heteroatoms. The van der Waals surface area contributed by atoms with E-state index in [-0.39, 0.29) is 21.7 Å². The van der Waals surface area contributed by atoms with Gasteiger partial charge in [0.15, 0.2) is 0 Å². The van der Waals surface area contributed by atoms with Gasteiger partial charge in [-0.1, -0.05) is 174 Å². The van der Waals surface area contributed by atoms with Crippen molar-refractivity contribution in [2.24, 2.45) is 0 Å². The topological polar surface area (TPSA) is 0 Å². The zero-order valence-corrected chi connectivity index (χ0v) is 40.9. The Bertz CT molecular complexity index is 3740. The molecule has 0 saturated heterocycles. The molecular formula is C66H60. The molecule has 0 saturated carbocycles. The van der Waals surface area contributed by atoms with E-state index in [1.807, 2.05) is 0 Å². The van der Waals surface area contributed by atoms with Crippen molar-refractivity contribution in [3.63, 3.8) is 0 Å². The first kappa shape index (κ1) is 41.0. The first-order valence-corrected chi connectivity index (χ1v) is 24.2. The first-order chi connectivity index (χ1) is 31.2. The van der Waals surface area contributed by atoms with Gasteiger partial charge < -0.3 is 0 Å². The van der Waals surface area contributed by atoms with Crippen LogP contribution in [0.5, 0.6) is 0 Å². The van der Waals surface area contributed by atoms with E-state index in [4.69, 9.17) is 0 Å². The molecule has 324 valence electrons. The third-order valence-electron chi connectivity index (χ3n) is 15.3. The van der Waals surface area contributed by atoms with Crippen LogP contribution in [-0.4, -0.2) is 0 Å². The third kappa shape index (κ3) is 6.10. The quantitative estimate of drug-likeness (QED) is 0.152. The Morgan fingerprint density at radius 2 is 0.606 bits per heavy atom. The van der Waals surface area contributed by atoms with E-state index in [0.29, 0.717) is 0 Å². The lowest BCUT2D eigenvalue weighted by atomic mass is 9.81. The van der Waals surface area contributed by atoms with Gasteiger partial charge in [-0.05, 0) is 219 Å². The average Bonchev–Trinajstić information content (AvgIpc) is 3.75. The maximum Gasteiger partial charge on any atom is -0.00260 e. The van der Waals surface area contributed by atoms with E-state index < -0.39 is 0 Å². The zero-order valence-electron chi connectivity index (χ0n) is 40.9. The molecule has 0 aliphatic heterocycles. The van der Waals surface area contributed by atoms with Crippen LogP contribution >= 0.6 is 0 Å². The fourth-order valence-corrected chi connectivity index (χ4v) is 11.4. The second-order valence-electron chi connectivity index (χ2n) is 23.9. The predicted molar refractivity (Wildman–Crippen MR) is 289 cm³/mol. The van der Waals surface area contributed by atoms with Crippen molar-refractivity contribution < 1.29 is 0 Å². The number of hydrogen-bond donors (Lipinski definition) is 0. The number of hydrogen-bond acceptors (Lipinski definition) is 0. The summed E-state index contributed by atoms with van der Waals surface area (Å²) in [5, 5.41) is 13.3. The van der Waals surface area contributed by atoms with Crippen LogP contribution in [0, 0.1) is 0 Å². The summed E-state index contributed by atoms with van der Waals surface area (Å²) in [6.07, 6.45) is 0. The van der Waals surface area contributed by atoms with Gasteiger partial charge in [-0.25, -0.2) is 0 Å². The lowest BCUT2D eigenvalue weighted by Gasteiger charge is -2.23. The average molecular weight is 853 g/mol. The zero-order chi connectivity index (χ0) is 46.0. The molecule has 0 spiro atoms. The van der Waals surface area contributed by atoms with E-state index in [1.54, 1.807) is 0 Å². The van der Waals surface area contributed by atoms with Crippen LogP contribution in [0.3, 0.4) is 0 Å². The second-order valence-corrected chi connectivity index (χ2v) is 23.9. The van der Waals surface area contributed by atoms with Gasteiger partial charge in [0.05, 0.1) is 0 Å². The first-order valence-electron chi connectivity index (χ1n) is 24.2. The normalized spacial score (nSPS) is 13.5. The van der Waals surface area contributed by atoms with Gasteiger partial charge >= 0.3 is 0 Å². The SMILES string of the molecule is CC(C)(C)c1cc2c3c(cc(C(C)(C)C)cc3c1)-c1cc3c(ccc4c5cc6c(cc5c(-c5ccccc5-c5ccccc5)cc34)-c3cc(C(C)(C)C)cc4cc(C(C)(C)C)cc-6c34)cc1-2. The Morgan fingerprint density at radius 1 is 0.227 bits per heavy atom. The molecule has 0 nitrogen and oxygen atoms in total. The monoisotopic (exact) mass is 852 g/mol. The van der Waals surface area contributed by atoms with Gasteiger partial charge in [0.25, 0.3) is 0 Å². The molecule has 0 unspecified atom stereocenters. The summed E-state index contributed by atoms with van der Waals surface area (Å²) >= 11 is 0. The summed E-state index contributed by atoms with van der Waals surface area (Å²) in [7, 11) is 0. The molecule has 0 amide bonds. The van der Waals surface area contributed by atoms with Crippen LogP contribution in [-0.2, 0) is 21.7 Å². The van der Waals surface area contributed by atoms with E-state index >= 15 is 0 Å². The minimum Gasteiger partial charge on any atom is -0.0622 e. The highest BCUT2D eigenvalue weighted by Gasteiger charge is 2.31. The Kier molecular flexibility index (Phi) is 8.41. The fraction of sp³-hybridized carbons (Fsp3) is 0.242. The van der Waals surface area contributed by atoms with Gasteiger partial charge in [-0.3, -0.25) is 0 Å². The van der Waals surface area contributed by atoms with Crippen LogP contribution in [0.4, 0.5) is 0 Å². The van der Waals surface area contributed by atoms with Crippen molar-refractivity contribution >= 4 is 53.9 Å². The van der Waals surface area contributed by atoms with E-state index in [9.17, 15) is 0 Å². The summed E-state index contributed by atoms with van der Waals surface area (Å²) in [6, 6.07) is 57.4. The van der Waals surface area contributed by atoms with Crippen LogP contribution in [0.25, 0.3) is 121 Å². The van der Waals surface area contributed by atoms with Crippen molar-refractivity contribution in [3.05, 3.63) is 168 Å². The molecule has 0 radical (unpaired) electrons. The lowest BCUT2D eigenvalue weighted by molar-refractivity contribution is 0.589. The summed E-state index contributed by atoms with van der Waals surface area (Å²) in [5.41, 5.74) is 21.4. The van der Waals surface area contributed by atoms with Gasteiger partial charge in [-0.15, -0.1) is 0 Å². The number of fused-ring (bicyclic) bond motifs is 11. The van der Waals surface area contributed by atoms with E-state index in [2.05, 4.69) is 229 Å². The molecule has 0 N–H and O–H groups in total. The maximum atomic E-state index is 2.57. The number of rotatable bonds is 2. The molecule has 0 fully saturated rings. The van der Waals surface area contributed by atoms with Gasteiger partial charge in [0.1, 0.15) is 0 Å². The maximum absolute atomic E-state index is 2.57. The van der Waals surface area contributed by atoms with E-state index in [1.165, 1.54) is 143 Å². The highest BCUT2D eigenvalue weighted by Crippen LogP contribution is 2.55. The minimum absolute atomic E-state index is 0.00826. The summed E-state index contributed by atoms with van der Waals surface area (Å²) in [4.78, 5) is 0. The summed E-state index contributed by atoms with van der Waals surface area (Å²) in [6.45, 7) is 28.2. The van der Waals surface area contributed by atoms with Crippen LogP contribution in [0.1, 0.15) is 105 Å². The van der Waals surface area contributed by atoms with Gasteiger partial charge in [-0.2, -0.15) is 0 Å². The molecule has 2 aliphatic rings. The minimum atomic E-state index is 0.00826. The van der Waals surface area contributed by atoms with Crippen LogP contribution < -0.4 is 0 Å². The molecule has 10 aromatic rings. The predicted octanol–water partition coefficient (Wildman–Crippen LogP) is 19.3. The standard InChI is InChI=1S/C66H60/c1-63(2,3)41-24-39-25-42(64(4,5)6)30-58-54-33-48-38(28-49(54)57(29-41)61(39)58)22-23-47-50(48)34-51(46-21-17-16-20-45(46)37-18-14-13-15-19-37)53-36-56-55(35-52(47)53)59-31-43(65(7,8)9)26-40-27-44(66(10,11)12)32-60(56)62(40)59/h13-36H,1-12H3. The molecule has 0 heterocycles. The fourth-order valence-electron chi connectivity index (χ4n) is 11.4. The molecule has 0 aromatic heterocycles. The number of benzene rings is 10. The Hall–Kier alpha value is -6.50. The Balaban J connectivity index is 1.21. The molecular weight excluding hydrogens is 793 g/mol. The molecule has 12 rings (SSSR count). The van der Waals surface area contributed by atoms with Crippen molar-refractivity contribution in [3.8, 4) is 66.8 Å². The summed E-state index contributed by atoms with van der Waals surface area (Å²) in [5.74, 6) is 0. The lowest BCUT2D eigenvalue weighted by Crippen LogP contribution is -2.12. The van der Waals surface area contributed by atoms with Crippen molar-refractivity contribution in [1.29, 1.82) is 0 Å². The molecule has 10 aromatic carbocycles. The van der Waals surface area contributed by atoms with Crippen LogP contribution in [0.2, 0.25) is 0 Å². The molecule has 0 bridgehead atoms. The van der Waals surface area contributed by atoms with Gasteiger partial charge in [0, 0.05) is 0 Å². The highest BCUT2D eigenvalue weighted by molar-refractivity contribution is 6.27. The Morgan fingerprint density at radius 3 is 1.08 bits per heavy atom. The van der Waals surface area contributed by atoms with Crippen molar-refractivity contribution in [2.45, 2.75) is 105 Å². The van der Waals surface area contributed by atoms with Crippen molar-refractivity contribution in [1.82, 2.24) is 0 Å². The van der Waals surface area contributed by atoms with Crippen molar-refractivity contribution in [2.75, 3.05) is 0 Å². The van der Waals surface area contributed by atoms with Crippen LogP contribution in [0.15, 0.2) is 146 Å². The molecule has 0 atom stereocenters. The molecule has 2 aliphatic carbocycles. The second kappa shape index (κ2) is 13.5.